The van der Waals surface area contributed by atoms with E-state index in [0.29, 0.717) is 5.75 Å². The third kappa shape index (κ3) is 0.731. The molecular formula is C10H8N2O. The molecule has 3 aromatic rings. The van der Waals surface area contributed by atoms with E-state index in [1.165, 1.54) is 0 Å². The van der Waals surface area contributed by atoms with Crippen molar-refractivity contribution < 1.29 is 5.11 Å². The van der Waals surface area contributed by atoms with Gasteiger partial charge in [-0.15, -0.1) is 0 Å². The van der Waals surface area contributed by atoms with Gasteiger partial charge in [-0.05, 0) is 18.2 Å². The van der Waals surface area contributed by atoms with Crippen LogP contribution < -0.4 is 0 Å². The molecule has 1 aromatic carbocycles. The predicted octanol–water partition coefficient (Wildman–Crippen LogP) is 2.35. The van der Waals surface area contributed by atoms with E-state index < -0.39 is 0 Å². The second-order valence-electron chi connectivity index (χ2n) is 3.10. The lowest BCUT2D eigenvalue weighted by Crippen LogP contribution is -1.70. The van der Waals surface area contributed by atoms with Crippen LogP contribution in [-0.2, 0) is 0 Å². The van der Waals surface area contributed by atoms with E-state index in [0.717, 1.165) is 21.8 Å². The molecular weight excluding hydrogens is 164 g/mol. The van der Waals surface area contributed by atoms with E-state index in [2.05, 4.69) is 9.97 Å². The Bertz CT molecular complexity index is 577. The fourth-order valence-corrected chi connectivity index (χ4v) is 1.75. The van der Waals surface area contributed by atoms with Crippen molar-refractivity contribution in [3.63, 3.8) is 0 Å². The summed E-state index contributed by atoms with van der Waals surface area (Å²) in [5.41, 5.74) is 2.01. The summed E-state index contributed by atoms with van der Waals surface area (Å²) in [6.07, 6.45) is 3.48. The second-order valence-corrected chi connectivity index (χ2v) is 3.10. The molecule has 0 aliphatic carbocycles. The van der Waals surface area contributed by atoms with Crippen molar-refractivity contribution in [1.82, 2.24) is 9.97 Å². The highest BCUT2D eigenvalue weighted by Crippen LogP contribution is 2.31. The van der Waals surface area contributed by atoms with Crippen LogP contribution >= 0.6 is 0 Å². The maximum atomic E-state index is 9.58. The van der Waals surface area contributed by atoms with Crippen LogP contribution in [0.2, 0.25) is 0 Å². The molecule has 0 radical (unpaired) electrons. The lowest BCUT2D eigenvalue weighted by atomic mass is 10.1. The third-order valence-electron chi connectivity index (χ3n) is 2.35. The number of hydrogen-bond acceptors (Lipinski definition) is 1. The molecule has 3 N–H and O–H groups in total. The topological polar surface area (TPSA) is 51.8 Å². The van der Waals surface area contributed by atoms with Crippen LogP contribution in [0.15, 0.2) is 30.6 Å². The lowest BCUT2D eigenvalue weighted by molar-refractivity contribution is 0.482. The van der Waals surface area contributed by atoms with Crippen molar-refractivity contribution in [2.75, 3.05) is 0 Å². The molecule has 0 aliphatic heterocycles. The number of H-pyrrole nitrogens is 2. The molecule has 3 heteroatoms. The van der Waals surface area contributed by atoms with Crippen molar-refractivity contribution in [3.05, 3.63) is 30.6 Å². The summed E-state index contributed by atoms with van der Waals surface area (Å²) in [5.74, 6) is 0.306. The van der Waals surface area contributed by atoms with Gasteiger partial charge in [-0.25, -0.2) is 0 Å². The number of hydrogen-bond donors (Lipinski definition) is 3. The highest BCUT2D eigenvalue weighted by atomic mass is 16.3. The van der Waals surface area contributed by atoms with E-state index in [9.17, 15) is 5.11 Å². The van der Waals surface area contributed by atoms with Crippen molar-refractivity contribution >= 4 is 21.8 Å². The Labute approximate surface area is 74.0 Å². The highest BCUT2D eigenvalue weighted by Gasteiger charge is 2.06. The largest absolute Gasteiger partial charge is 0.506 e. The molecule has 0 fully saturated rings. The number of benzene rings is 1. The number of rotatable bonds is 0. The van der Waals surface area contributed by atoms with Crippen LogP contribution in [0.3, 0.4) is 0 Å². The fraction of sp³-hybridized carbons (Fsp3) is 0. The van der Waals surface area contributed by atoms with E-state index in [4.69, 9.17) is 0 Å². The van der Waals surface area contributed by atoms with Crippen LogP contribution in [0.25, 0.3) is 21.8 Å². The van der Waals surface area contributed by atoms with E-state index >= 15 is 0 Å². The summed E-state index contributed by atoms with van der Waals surface area (Å²) < 4.78 is 0. The van der Waals surface area contributed by atoms with E-state index in [-0.39, 0.29) is 0 Å². The van der Waals surface area contributed by atoms with Crippen LogP contribution in [0, 0.1) is 0 Å². The van der Waals surface area contributed by atoms with Gasteiger partial charge in [0, 0.05) is 28.8 Å². The lowest BCUT2D eigenvalue weighted by Gasteiger charge is -1.93. The smallest absolute Gasteiger partial charge is 0.141 e. The van der Waals surface area contributed by atoms with Gasteiger partial charge in [-0.3, -0.25) is 0 Å². The molecule has 0 atom stereocenters. The highest BCUT2D eigenvalue weighted by molar-refractivity contribution is 6.08. The molecule has 2 aromatic heterocycles. The monoisotopic (exact) mass is 172 g/mol. The van der Waals surface area contributed by atoms with Crippen molar-refractivity contribution in [2.24, 2.45) is 0 Å². The van der Waals surface area contributed by atoms with Crippen molar-refractivity contribution in [1.29, 1.82) is 0 Å². The van der Waals surface area contributed by atoms with Gasteiger partial charge in [0.15, 0.2) is 0 Å². The van der Waals surface area contributed by atoms with Gasteiger partial charge < -0.3 is 15.1 Å². The average Bonchev–Trinajstić information content (AvgIpc) is 2.70. The Morgan fingerprint density at radius 3 is 2.77 bits per heavy atom. The second kappa shape index (κ2) is 2.07. The quantitative estimate of drug-likeness (QED) is 0.479. The van der Waals surface area contributed by atoms with Crippen LogP contribution in [-0.4, -0.2) is 15.1 Å². The van der Waals surface area contributed by atoms with Crippen LogP contribution in [0.4, 0.5) is 0 Å². The Kier molecular flexibility index (Phi) is 1.05. The SMILES string of the molecule is Oc1c[nH]c2ccc3[nH]ccc3c12. The maximum Gasteiger partial charge on any atom is 0.141 e. The maximum absolute atomic E-state index is 9.58. The van der Waals surface area contributed by atoms with E-state index in [1.54, 1.807) is 6.20 Å². The summed E-state index contributed by atoms with van der Waals surface area (Å²) in [6.45, 7) is 0. The first-order chi connectivity index (χ1) is 6.36. The zero-order valence-corrected chi connectivity index (χ0v) is 6.83. The van der Waals surface area contributed by atoms with Gasteiger partial charge in [-0.2, -0.15) is 0 Å². The summed E-state index contributed by atoms with van der Waals surface area (Å²) in [5, 5.41) is 11.5. The predicted molar refractivity (Wildman–Crippen MR) is 51.8 cm³/mol. The molecule has 0 spiro atoms. The normalized spacial score (nSPS) is 11.4. The molecule has 13 heavy (non-hydrogen) atoms. The molecule has 2 heterocycles. The van der Waals surface area contributed by atoms with Gasteiger partial charge >= 0.3 is 0 Å². The first-order valence-corrected chi connectivity index (χ1v) is 4.12. The summed E-state index contributed by atoms with van der Waals surface area (Å²) in [7, 11) is 0. The van der Waals surface area contributed by atoms with Crippen molar-refractivity contribution in [3.8, 4) is 5.75 Å². The van der Waals surface area contributed by atoms with Crippen LogP contribution in [0.5, 0.6) is 5.75 Å². The molecule has 0 bridgehead atoms. The Hall–Kier alpha value is -1.90. The molecule has 3 nitrogen and oxygen atoms in total. The molecule has 0 saturated heterocycles. The Morgan fingerprint density at radius 2 is 1.85 bits per heavy atom. The standard InChI is InChI=1S/C10H8N2O/c13-9-5-12-8-2-1-7-6(10(8)9)3-4-11-7/h1-5,11-13H. The first-order valence-electron chi connectivity index (χ1n) is 4.12. The fourth-order valence-electron chi connectivity index (χ4n) is 1.75. The minimum atomic E-state index is 0.306. The number of aromatic hydroxyl groups is 1. The number of aromatic nitrogens is 2. The number of fused-ring (bicyclic) bond motifs is 3. The Morgan fingerprint density at radius 1 is 1.00 bits per heavy atom. The third-order valence-corrected chi connectivity index (χ3v) is 2.35. The molecule has 0 saturated carbocycles. The van der Waals surface area contributed by atoms with Gasteiger partial charge in [-0.1, -0.05) is 0 Å². The first kappa shape index (κ1) is 6.60. The van der Waals surface area contributed by atoms with E-state index in [1.807, 2.05) is 24.4 Å². The summed E-state index contributed by atoms with van der Waals surface area (Å²) >= 11 is 0. The average molecular weight is 172 g/mol. The summed E-state index contributed by atoms with van der Waals surface area (Å²) in [6, 6.07) is 5.91. The minimum absolute atomic E-state index is 0.306. The zero-order valence-electron chi connectivity index (χ0n) is 6.83. The van der Waals surface area contributed by atoms with Gasteiger partial charge in [0.25, 0.3) is 0 Å². The summed E-state index contributed by atoms with van der Waals surface area (Å²) in [4.78, 5) is 6.11. The number of aromatic amines is 2. The van der Waals surface area contributed by atoms with Crippen molar-refractivity contribution in [2.45, 2.75) is 0 Å². The van der Waals surface area contributed by atoms with Gasteiger partial charge in [0.2, 0.25) is 0 Å². The number of nitrogens with one attached hydrogen (secondary N) is 2. The van der Waals surface area contributed by atoms with Crippen LogP contribution in [0.1, 0.15) is 0 Å². The molecule has 64 valence electrons. The van der Waals surface area contributed by atoms with Gasteiger partial charge in [0.1, 0.15) is 5.75 Å². The zero-order chi connectivity index (χ0) is 8.84. The Balaban J connectivity index is 2.70. The minimum Gasteiger partial charge on any atom is -0.506 e. The van der Waals surface area contributed by atoms with Gasteiger partial charge in [0.05, 0.1) is 5.39 Å². The molecule has 0 aliphatic rings. The molecule has 3 rings (SSSR count). The molecule has 0 unspecified atom stereocenters. The molecule has 0 amide bonds.